The van der Waals surface area contributed by atoms with Gasteiger partial charge in [-0.15, -0.1) is 12.4 Å². The number of alkyl halides is 6. The fourth-order valence-electron chi connectivity index (χ4n) is 4.14. The number of halogens is 7. The van der Waals surface area contributed by atoms with E-state index in [1.165, 1.54) is 23.1 Å². The highest BCUT2D eigenvalue weighted by Gasteiger charge is 2.38. The number of rotatable bonds is 7. The van der Waals surface area contributed by atoms with Crippen LogP contribution in [0.1, 0.15) is 41.5 Å². The van der Waals surface area contributed by atoms with E-state index in [9.17, 15) is 31.4 Å². The Morgan fingerprint density at radius 2 is 1.79 bits per heavy atom. The number of likely N-dealkylation sites (tertiary alicyclic amines) is 1. The summed E-state index contributed by atoms with van der Waals surface area (Å²) in [5.74, 6) is -0.849. The van der Waals surface area contributed by atoms with Gasteiger partial charge >= 0.3 is 12.4 Å². The standard InChI is InChI=1S/C24H23F6N5O3.ClH/c25-23(26,27)15-6-3-13(4-7-15)2-1-9-37-19-8-5-14(10-17(19)24(28,29)30)20-33-21(38-34-20)18-11-16(36)12-35(18)22(31)32;/h3-8,10,16,18,36H,1-2,9,11-12H2,(H3,31,32);1H/t16?,18-;/m0./s1. The molecule has 1 fully saturated rings. The first-order chi connectivity index (χ1) is 17.8. The molecule has 0 saturated carbocycles. The third-order valence-electron chi connectivity index (χ3n) is 6.01. The van der Waals surface area contributed by atoms with Gasteiger partial charge in [0.15, 0.2) is 5.96 Å². The Hall–Kier alpha value is -3.52. The Labute approximate surface area is 224 Å². The SMILES string of the molecule is Cl.N=C(N)N1CC(O)C[C@H]1c1nc(-c2ccc(OCCCc3ccc(C(F)(F)F)cc3)c(C(F)(F)F)c2)no1. The van der Waals surface area contributed by atoms with Gasteiger partial charge in [0.1, 0.15) is 11.8 Å². The summed E-state index contributed by atoms with van der Waals surface area (Å²) in [6, 6.07) is 7.15. The molecule has 1 aliphatic rings. The van der Waals surface area contributed by atoms with Crippen molar-refractivity contribution < 1.29 is 40.7 Å². The van der Waals surface area contributed by atoms with Crippen molar-refractivity contribution in [2.75, 3.05) is 13.2 Å². The van der Waals surface area contributed by atoms with Crippen molar-refractivity contribution in [3.05, 3.63) is 65.0 Å². The molecule has 1 aromatic heterocycles. The normalized spacial score (nSPS) is 17.7. The number of benzene rings is 2. The zero-order valence-electron chi connectivity index (χ0n) is 20.1. The lowest BCUT2D eigenvalue weighted by Gasteiger charge is -2.20. The van der Waals surface area contributed by atoms with Gasteiger partial charge in [0.25, 0.3) is 0 Å². The molecule has 39 heavy (non-hydrogen) atoms. The Morgan fingerprint density at radius 3 is 2.41 bits per heavy atom. The number of hydrogen-bond acceptors (Lipinski definition) is 6. The number of nitrogens with two attached hydrogens (primary N) is 1. The number of nitrogens with one attached hydrogen (secondary N) is 1. The fourth-order valence-corrected chi connectivity index (χ4v) is 4.14. The molecule has 1 aliphatic heterocycles. The van der Waals surface area contributed by atoms with Crippen LogP contribution in [0.3, 0.4) is 0 Å². The number of hydrogen-bond donors (Lipinski definition) is 3. The zero-order chi connectivity index (χ0) is 27.7. The predicted molar refractivity (Wildman–Crippen MR) is 129 cm³/mol. The molecule has 0 bridgehead atoms. The van der Waals surface area contributed by atoms with Gasteiger partial charge in [-0.05, 0) is 48.7 Å². The summed E-state index contributed by atoms with van der Waals surface area (Å²) >= 11 is 0. The van der Waals surface area contributed by atoms with Crippen LogP contribution in [0.15, 0.2) is 47.0 Å². The van der Waals surface area contributed by atoms with Gasteiger partial charge < -0.3 is 25.0 Å². The number of aromatic nitrogens is 2. The molecule has 2 aromatic carbocycles. The molecule has 0 spiro atoms. The van der Waals surface area contributed by atoms with Gasteiger partial charge in [0, 0.05) is 18.5 Å². The maximum Gasteiger partial charge on any atom is 0.419 e. The van der Waals surface area contributed by atoms with Crippen molar-refractivity contribution >= 4 is 18.4 Å². The Morgan fingerprint density at radius 1 is 1.10 bits per heavy atom. The molecule has 15 heteroatoms. The third-order valence-corrected chi connectivity index (χ3v) is 6.01. The van der Waals surface area contributed by atoms with E-state index in [1.54, 1.807) is 0 Å². The summed E-state index contributed by atoms with van der Waals surface area (Å²) in [5.41, 5.74) is 4.29. The smallest absolute Gasteiger partial charge is 0.419 e. The molecule has 1 saturated heterocycles. The van der Waals surface area contributed by atoms with E-state index in [2.05, 4.69) is 10.1 Å². The third kappa shape index (κ3) is 7.12. The summed E-state index contributed by atoms with van der Waals surface area (Å²) in [4.78, 5) is 5.50. The second-order valence-corrected chi connectivity index (χ2v) is 8.75. The Bertz CT molecular complexity index is 1280. The highest BCUT2D eigenvalue weighted by molar-refractivity contribution is 5.85. The first kappa shape index (κ1) is 30.0. The average molecular weight is 580 g/mol. The summed E-state index contributed by atoms with van der Waals surface area (Å²) in [6.07, 6.45) is -9.24. The first-order valence-corrected chi connectivity index (χ1v) is 11.5. The van der Waals surface area contributed by atoms with Gasteiger partial charge in [-0.3, -0.25) is 5.41 Å². The number of aryl methyl sites for hydroxylation is 1. The van der Waals surface area contributed by atoms with Crippen molar-refractivity contribution in [2.45, 2.75) is 43.8 Å². The van der Waals surface area contributed by atoms with E-state index in [4.69, 9.17) is 20.4 Å². The highest BCUT2D eigenvalue weighted by Crippen LogP contribution is 2.39. The maximum atomic E-state index is 13.8. The fraction of sp³-hybridized carbons (Fsp3) is 0.375. The van der Waals surface area contributed by atoms with Crippen LogP contribution in [-0.2, 0) is 18.8 Å². The lowest BCUT2D eigenvalue weighted by atomic mass is 10.1. The van der Waals surface area contributed by atoms with Crippen molar-refractivity contribution in [3.63, 3.8) is 0 Å². The van der Waals surface area contributed by atoms with Crippen LogP contribution in [0.4, 0.5) is 26.3 Å². The minimum absolute atomic E-state index is 0. The van der Waals surface area contributed by atoms with Crippen LogP contribution in [0.25, 0.3) is 11.4 Å². The van der Waals surface area contributed by atoms with Gasteiger partial charge in [0.05, 0.1) is 23.8 Å². The summed E-state index contributed by atoms with van der Waals surface area (Å²) in [5, 5.41) is 21.3. The molecular weight excluding hydrogens is 556 g/mol. The van der Waals surface area contributed by atoms with Crippen LogP contribution in [0.2, 0.25) is 0 Å². The quantitative estimate of drug-likeness (QED) is 0.152. The number of aliphatic hydroxyl groups is 1. The lowest BCUT2D eigenvalue weighted by Crippen LogP contribution is -2.36. The molecule has 8 nitrogen and oxygen atoms in total. The predicted octanol–water partition coefficient (Wildman–Crippen LogP) is 5.21. The molecule has 0 amide bonds. The zero-order valence-corrected chi connectivity index (χ0v) is 20.9. The van der Waals surface area contributed by atoms with E-state index in [0.717, 1.165) is 24.3 Å². The van der Waals surface area contributed by atoms with E-state index >= 15 is 0 Å². The summed E-state index contributed by atoms with van der Waals surface area (Å²) in [6.45, 7) is -0.0124. The van der Waals surface area contributed by atoms with Gasteiger partial charge in [-0.1, -0.05) is 17.3 Å². The number of nitrogens with zero attached hydrogens (tertiary/aromatic N) is 3. The molecule has 0 radical (unpaired) electrons. The van der Waals surface area contributed by atoms with Crippen molar-refractivity contribution in [3.8, 4) is 17.1 Å². The summed E-state index contributed by atoms with van der Waals surface area (Å²) < 4.78 is 89.9. The number of guanidine groups is 1. The molecule has 0 aliphatic carbocycles. The molecule has 4 rings (SSSR count). The van der Waals surface area contributed by atoms with Crippen LogP contribution in [-0.4, -0.2) is 45.4 Å². The molecule has 2 heterocycles. The van der Waals surface area contributed by atoms with E-state index in [1.807, 2.05) is 0 Å². The minimum atomic E-state index is -4.76. The molecule has 2 atom stereocenters. The molecule has 212 valence electrons. The second-order valence-electron chi connectivity index (χ2n) is 8.75. The van der Waals surface area contributed by atoms with E-state index < -0.39 is 41.4 Å². The van der Waals surface area contributed by atoms with Gasteiger partial charge in [-0.25, -0.2) is 0 Å². The Balaban J connectivity index is 0.00000420. The second kappa shape index (κ2) is 11.7. The molecule has 4 N–H and O–H groups in total. The van der Waals surface area contributed by atoms with Crippen molar-refractivity contribution in [1.29, 1.82) is 5.41 Å². The highest BCUT2D eigenvalue weighted by atomic mass is 35.5. The number of aliphatic hydroxyl groups excluding tert-OH is 1. The lowest BCUT2D eigenvalue weighted by molar-refractivity contribution is -0.139. The van der Waals surface area contributed by atoms with Gasteiger partial charge in [-0.2, -0.15) is 31.3 Å². The van der Waals surface area contributed by atoms with E-state index in [0.29, 0.717) is 12.0 Å². The topological polar surface area (TPSA) is 121 Å². The van der Waals surface area contributed by atoms with Crippen molar-refractivity contribution in [2.24, 2.45) is 5.73 Å². The number of β-amino-alcohol motifs (C(OH)–C–C–N with tert-alkyl or cyclic N) is 1. The minimum Gasteiger partial charge on any atom is -0.493 e. The maximum absolute atomic E-state index is 13.8. The van der Waals surface area contributed by atoms with Gasteiger partial charge in [0.2, 0.25) is 11.7 Å². The van der Waals surface area contributed by atoms with Crippen LogP contribution >= 0.6 is 12.4 Å². The Kier molecular flexibility index (Phi) is 9.01. The van der Waals surface area contributed by atoms with Crippen molar-refractivity contribution in [1.82, 2.24) is 15.0 Å². The number of ether oxygens (including phenoxy) is 1. The average Bonchev–Trinajstić information content (AvgIpc) is 3.48. The summed E-state index contributed by atoms with van der Waals surface area (Å²) in [7, 11) is 0. The monoisotopic (exact) mass is 579 g/mol. The molecule has 1 unspecified atom stereocenters. The van der Waals surface area contributed by atoms with E-state index in [-0.39, 0.29) is 61.6 Å². The van der Waals surface area contributed by atoms with Crippen LogP contribution in [0.5, 0.6) is 5.75 Å². The molecule has 3 aromatic rings. The largest absolute Gasteiger partial charge is 0.493 e. The van der Waals surface area contributed by atoms with Crippen LogP contribution in [0, 0.1) is 5.41 Å². The molecular formula is C24H24ClF6N5O3. The van der Waals surface area contributed by atoms with Crippen LogP contribution < -0.4 is 10.5 Å². The first-order valence-electron chi connectivity index (χ1n) is 11.5.